The Balaban J connectivity index is 2.28. The number of hydrogen-bond donors (Lipinski definition) is 1. The molecule has 48 valence electrons. The summed E-state index contributed by atoms with van der Waals surface area (Å²) in [6.07, 6.45) is 2.78. The normalized spacial score (nSPS) is 39.8. The Morgan fingerprint density at radius 2 is 2.12 bits per heavy atom. The molecule has 0 unspecified atom stereocenters. The SMILES string of the molecule is C[C@@H]1NCCC[C@@H]1C. The molecule has 1 aliphatic heterocycles. The molecule has 0 radical (unpaired) electrons. The average molecular weight is 113 g/mol. The maximum absolute atomic E-state index is 3.43. The van der Waals surface area contributed by atoms with Crippen LogP contribution in [0.15, 0.2) is 0 Å². The maximum Gasteiger partial charge on any atom is 0.00643 e. The van der Waals surface area contributed by atoms with E-state index in [1.54, 1.807) is 0 Å². The van der Waals surface area contributed by atoms with Gasteiger partial charge in [-0.15, -0.1) is 0 Å². The van der Waals surface area contributed by atoms with E-state index in [9.17, 15) is 0 Å². The van der Waals surface area contributed by atoms with Gasteiger partial charge in [-0.1, -0.05) is 6.92 Å². The molecule has 0 aromatic heterocycles. The molecule has 0 bridgehead atoms. The first kappa shape index (κ1) is 6.09. The molecular weight excluding hydrogens is 98.1 g/mol. The van der Waals surface area contributed by atoms with Crippen molar-refractivity contribution in [1.29, 1.82) is 0 Å². The Morgan fingerprint density at radius 1 is 1.38 bits per heavy atom. The molecule has 1 rings (SSSR count). The average Bonchev–Trinajstić information content (AvgIpc) is 1.77. The van der Waals surface area contributed by atoms with Gasteiger partial charge in [0, 0.05) is 6.04 Å². The molecule has 1 nitrogen and oxygen atoms in total. The summed E-state index contributed by atoms with van der Waals surface area (Å²) in [6.45, 7) is 5.81. The lowest BCUT2D eigenvalue weighted by molar-refractivity contribution is 0.319. The van der Waals surface area contributed by atoms with E-state index < -0.39 is 0 Å². The Kier molecular flexibility index (Phi) is 1.90. The number of nitrogens with one attached hydrogen (secondary N) is 1. The highest BCUT2D eigenvalue weighted by atomic mass is 14.9. The van der Waals surface area contributed by atoms with E-state index in [4.69, 9.17) is 0 Å². The number of hydrogen-bond acceptors (Lipinski definition) is 1. The largest absolute Gasteiger partial charge is 0.314 e. The van der Waals surface area contributed by atoms with Crippen molar-refractivity contribution in [2.45, 2.75) is 32.7 Å². The molecule has 8 heavy (non-hydrogen) atoms. The van der Waals surface area contributed by atoms with Crippen LogP contribution in [-0.4, -0.2) is 12.6 Å². The van der Waals surface area contributed by atoms with E-state index in [2.05, 4.69) is 19.2 Å². The highest BCUT2D eigenvalue weighted by Crippen LogP contribution is 2.13. The summed E-state index contributed by atoms with van der Waals surface area (Å²) >= 11 is 0. The Hall–Kier alpha value is -0.0400. The van der Waals surface area contributed by atoms with E-state index in [1.165, 1.54) is 19.4 Å². The van der Waals surface area contributed by atoms with Crippen molar-refractivity contribution in [3.63, 3.8) is 0 Å². The van der Waals surface area contributed by atoms with E-state index in [0.29, 0.717) is 0 Å². The lowest BCUT2D eigenvalue weighted by Crippen LogP contribution is -2.37. The first-order chi connectivity index (χ1) is 3.80. The van der Waals surface area contributed by atoms with Gasteiger partial charge in [0.25, 0.3) is 0 Å². The summed E-state index contributed by atoms with van der Waals surface area (Å²) < 4.78 is 0. The van der Waals surface area contributed by atoms with Crippen LogP contribution in [0.25, 0.3) is 0 Å². The molecule has 0 aliphatic carbocycles. The zero-order valence-electron chi connectivity index (χ0n) is 5.78. The number of rotatable bonds is 0. The van der Waals surface area contributed by atoms with Crippen molar-refractivity contribution in [1.82, 2.24) is 5.32 Å². The van der Waals surface area contributed by atoms with E-state index in [-0.39, 0.29) is 0 Å². The summed E-state index contributed by atoms with van der Waals surface area (Å²) in [5, 5.41) is 3.43. The van der Waals surface area contributed by atoms with Gasteiger partial charge in [-0.2, -0.15) is 0 Å². The Labute approximate surface area is 51.5 Å². The molecule has 1 N–H and O–H groups in total. The van der Waals surface area contributed by atoms with Crippen molar-refractivity contribution in [3.05, 3.63) is 0 Å². The Morgan fingerprint density at radius 3 is 2.50 bits per heavy atom. The molecule has 2 atom stereocenters. The predicted molar refractivity (Wildman–Crippen MR) is 35.9 cm³/mol. The first-order valence-electron chi connectivity index (χ1n) is 3.54. The van der Waals surface area contributed by atoms with Crippen molar-refractivity contribution < 1.29 is 0 Å². The highest BCUT2D eigenvalue weighted by Gasteiger charge is 2.14. The van der Waals surface area contributed by atoms with Gasteiger partial charge in [-0.3, -0.25) is 0 Å². The summed E-state index contributed by atoms with van der Waals surface area (Å²) in [4.78, 5) is 0. The van der Waals surface area contributed by atoms with Crippen LogP contribution in [-0.2, 0) is 0 Å². The fourth-order valence-corrected chi connectivity index (χ4v) is 1.20. The van der Waals surface area contributed by atoms with Gasteiger partial charge < -0.3 is 5.32 Å². The van der Waals surface area contributed by atoms with Crippen molar-refractivity contribution >= 4 is 0 Å². The van der Waals surface area contributed by atoms with Gasteiger partial charge >= 0.3 is 0 Å². The first-order valence-corrected chi connectivity index (χ1v) is 3.54. The third-order valence-electron chi connectivity index (χ3n) is 2.16. The monoisotopic (exact) mass is 113 g/mol. The smallest absolute Gasteiger partial charge is 0.00643 e. The predicted octanol–water partition coefficient (Wildman–Crippen LogP) is 1.39. The van der Waals surface area contributed by atoms with Crippen LogP contribution in [0.1, 0.15) is 26.7 Å². The quantitative estimate of drug-likeness (QED) is 0.500. The minimum absolute atomic E-state index is 0.753. The summed E-state index contributed by atoms with van der Waals surface area (Å²) in [5.41, 5.74) is 0. The van der Waals surface area contributed by atoms with Crippen LogP contribution in [0.4, 0.5) is 0 Å². The second-order valence-corrected chi connectivity index (χ2v) is 2.86. The minimum Gasteiger partial charge on any atom is -0.314 e. The molecule has 1 heteroatoms. The molecule has 1 heterocycles. The van der Waals surface area contributed by atoms with E-state index >= 15 is 0 Å². The van der Waals surface area contributed by atoms with Crippen LogP contribution >= 0.6 is 0 Å². The summed E-state index contributed by atoms with van der Waals surface area (Å²) in [6, 6.07) is 0.753. The lowest BCUT2D eigenvalue weighted by atomic mass is 9.94. The molecular formula is C7H15N. The molecule has 0 spiro atoms. The van der Waals surface area contributed by atoms with Gasteiger partial charge in [-0.25, -0.2) is 0 Å². The van der Waals surface area contributed by atoms with Gasteiger partial charge in [0.1, 0.15) is 0 Å². The fourth-order valence-electron chi connectivity index (χ4n) is 1.20. The van der Waals surface area contributed by atoms with Crippen molar-refractivity contribution in [3.8, 4) is 0 Å². The minimum atomic E-state index is 0.753. The lowest BCUT2D eigenvalue weighted by Gasteiger charge is -2.26. The van der Waals surface area contributed by atoms with Crippen molar-refractivity contribution in [2.75, 3.05) is 6.54 Å². The molecule has 0 aromatic rings. The second kappa shape index (κ2) is 2.49. The molecule has 0 aromatic carbocycles. The third-order valence-corrected chi connectivity index (χ3v) is 2.16. The molecule has 1 aliphatic rings. The standard InChI is InChI=1S/C7H15N/c1-6-4-3-5-8-7(6)2/h6-8H,3-5H2,1-2H3/t6-,7-/m0/s1. The van der Waals surface area contributed by atoms with Gasteiger partial charge in [0.15, 0.2) is 0 Å². The molecule has 0 amide bonds. The van der Waals surface area contributed by atoms with Gasteiger partial charge in [0.2, 0.25) is 0 Å². The summed E-state index contributed by atoms with van der Waals surface area (Å²) in [7, 11) is 0. The zero-order valence-corrected chi connectivity index (χ0v) is 5.78. The van der Waals surface area contributed by atoms with Gasteiger partial charge in [-0.05, 0) is 32.2 Å². The van der Waals surface area contributed by atoms with Gasteiger partial charge in [0.05, 0.1) is 0 Å². The zero-order chi connectivity index (χ0) is 5.98. The van der Waals surface area contributed by atoms with Crippen LogP contribution < -0.4 is 5.32 Å². The van der Waals surface area contributed by atoms with E-state index in [1.807, 2.05) is 0 Å². The Bertz CT molecular complexity index is 60.8. The molecule has 1 saturated heterocycles. The summed E-state index contributed by atoms with van der Waals surface area (Å²) in [5.74, 6) is 0.892. The molecule has 0 saturated carbocycles. The topological polar surface area (TPSA) is 12.0 Å². The second-order valence-electron chi connectivity index (χ2n) is 2.86. The maximum atomic E-state index is 3.43. The highest BCUT2D eigenvalue weighted by molar-refractivity contribution is 4.73. The molecule has 1 fully saturated rings. The fraction of sp³-hybridized carbons (Fsp3) is 1.00. The van der Waals surface area contributed by atoms with Crippen LogP contribution in [0.2, 0.25) is 0 Å². The third kappa shape index (κ3) is 1.22. The van der Waals surface area contributed by atoms with Crippen LogP contribution in [0.3, 0.4) is 0 Å². The number of piperidine rings is 1. The van der Waals surface area contributed by atoms with Crippen LogP contribution in [0, 0.1) is 5.92 Å². The van der Waals surface area contributed by atoms with Crippen molar-refractivity contribution in [2.24, 2.45) is 5.92 Å². The van der Waals surface area contributed by atoms with Crippen LogP contribution in [0.5, 0.6) is 0 Å². The van der Waals surface area contributed by atoms with E-state index in [0.717, 1.165) is 12.0 Å².